The predicted octanol–water partition coefficient (Wildman–Crippen LogP) is 2.85. The molecule has 26 heavy (non-hydrogen) atoms. The molecule has 0 aliphatic carbocycles. The van der Waals surface area contributed by atoms with Crippen molar-refractivity contribution in [3.63, 3.8) is 0 Å². The van der Waals surface area contributed by atoms with Crippen LogP contribution < -0.4 is 0 Å². The van der Waals surface area contributed by atoms with Crippen LogP contribution in [-0.4, -0.2) is 46.7 Å². The summed E-state index contributed by atoms with van der Waals surface area (Å²) in [5.74, 6) is -0.998. The van der Waals surface area contributed by atoms with Crippen molar-refractivity contribution in [1.29, 1.82) is 0 Å². The maximum absolute atomic E-state index is 12.6. The molecule has 0 saturated carbocycles. The summed E-state index contributed by atoms with van der Waals surface area (Å²) in [4.78, 5) is 38.3. The molecule has 1 amide bonds. The number of ketones is 1. The van der Waals surface area contributed by atoms with Crippen LogP contribution in [0, 0.1) is 5.92 Å². The van der Waals surface area contributed by atoms with Crippen LogP contribution in [0.15, 0.2) is 30.3 Å². The number of thiol groups is 1. The van der Waals surface area contributed by atoms with Crippen molar-refractivity contribution in [3.05, 3.63) is 35.9 Å². The summed E-state index contributed by atoms with van der Waals surface area (Å²) < 4.78 is 10.7. The molecule has 1 aliphatic rings. The lowest BCUT2D eigenvalue weighted by molar-refractivity contribution is -0.150. The van der Waals surface area contributed by atoms with Crippen molar-refractivity contribution in [2.45, 2.75) is 45.4 Å². The van der Waals surface area contributed by atoms with Crippen molar-refractivity contribution < 1.29 is 23.9 Å². The van der Waals surface area contributed by atoms with Crippen LogP contribution in [0.1, 0.15) is 32.8 Å². The van der Waals surface area contributed by atoms with Gasteiger partial charge >= 0.3 is 12.1 Å². The van der Waals surface area contributed by atoms with E-state index in [1.54, 1.807) is 20.8 Å². The molecule has 1 aromatic carbocycles. The number of amides is 1. The van der Waals surface area contributed by atoms with E-state index in [1.807, 2.05) is 30.3 Å². The van der Waals surface area contributed by atoms with E-state index in [4.69, 9.17) is 9.47 Å². The van der Waals surface area contributed by atoms with Gasteiger partial charge in [-0.1, -0.05) is 30.3 Å². The van der Waals surface area contributed by atoms with Crippen molar-refractivity contribution in [3.8, 4) is 0 Å². The summed E-state index contributed by atoms with van der Waals surface area (Å²) in [6.07, 6.45) is -0.389. The van der Waals surface area contributed by atoms with Gasteiger partial charge in [-0.05, 0) is 32.8 Å². The maximum atomic E-state index is 12.6. The minimum absolute atomic E-state index is 0.0681. The molecule has 0 unspecified atom stereocenters. The van der Waals surface area contributed by atoms with E-state index in [2.05, 4.69) is 12.6 Å². The number of carbonyl (C=O) groups is 3. The third-order valence-corrected chi connectivity index (χ3v) is 4.35. The average Bonchev–Trinajstić information content (AvgIpc) is 3.04. The summed E-state index contributed by atoms with van der Waals surface area (Å²) in [5.41, 5.74) is 0.159. The Balaban J connectivity index is 2.08. The number of esters is 1. The molecule has 1 fully saturated rings. The molecule has 1 aromatic rings. The van der Waals surface area contributed by atoms with Crippen molar-refractivity contribution >= 4 is 30.5 Å². The first kappa shape index (κ1) is 20.3. The highest BCUT2D eigenvalue weighted by molar-refractivity contribution is 7.81. The molecule has 6 nitrogen and oxygen atoms in total. The second-order valence-electron chi connectivity index (χ2n) is 7.30. The molecule has 0 bridgehead atoms. The average molecular weight is 379 g/mol. The Morgan fingerprint density at radius 2 is 1.85 bits per heavy atom. The molecular formula is C19H25NO5S. The smallest absolute Gasteiger partial charge is 0.411 e. The fraction of sp³-hybridized carbons (Fsp3) is 0.526. The number of ether oxygens (including phenoxy) is 2. The van der Waals surface area contributed by atoms with E-state index in [0.29, 0.717) is 0 Å². The first-order valence-corrected chi connectivity index (χ1v) is 9.18. The summed E-state index contributed by atoms with van der Waals surface area (Å²) in [7, 11) is 0. The van der Waals surface area contributed by atoms with Crippen LogP contribution in [0.25, 0.3) is 0 Å². The SMILES string of the molecule is CC(C)(C)OC(=O)N1C[C@H](C(=O)CS)C[C@H]1C(=O)OCc1ccccc1. The fourth-order valence-electron chi connectivity index (χ4n) is 2.77. The van der Waals surface area contributed by atoms with Gasteiger partial charge in [0.2, 0.25) is 0 Å². The highest BCUT2D eigenvalue weighted by Gasteiger charge is 2.44. The van der Waals surface area contributed by atoms with E-state index in [0.717, 1.165) is 5.56 Å². The lowest BCUT2D eigenvalue weighted by atomic mass is 10.0. The van der Waals surface area contributed by atoms with E-state index < -0.39 is 29.6 Å². The minimum Gasteiger partial charge on any atom is -0.459 e. The van der Waals surface area contributed by atoms with Crippen LogP contribution in [0.4, 0.5) is 4.79 Å². The molecule has 2 rings (SSSR count). The van der Waals surface area contributed by atoms with Crippen LogP contribution in [-0.2, 0) is 25.7 Å². The number of rotatable bonds is 5. The lowest BCUT2D eigenvalue weighted by Crippen LogP contribution is -2.44. The topological polar surface area (TPSA) is 72.9 Å². The third-order valence-electron chi connectivity index (χ3n) is 4.04. The molecule has 0 N–H and O–H groups in total. The molecule has 1 heterocycles. The molecule has 7 heteroatoms. The Hall–Kier alpha value is -2.02. The van der Waals surface area contributed by atoms with Gasteiger partial charge in [0.15, 0.2) is 0 Å². The van der Waals surface area contributed by atoms with Gasteiger partial charge in [-0.25, -0.2) is 9.59 Å². The molecule has 2 atom stereocenters. The Labute approximate surface area is 159 Å². The summed E-state index contributed by atoms with van der Waals surface area (Å²) in [5, 5.41) is 0. The third kappa shape index (κ3) is 5.49. The van der Waals surface area contributed by atoms with E-state index in [-0.39, 0.29) is 31.1 Å². The first-order valence-electron chi connectivity index (χ1n) is 8.55. The van der Waals surface area contributed by atoms with Crippen molar-refractivity contribution in [2.75, 3.05) is 12.3 Å². The lowest BCUT2D eigenvalue weighted by Gasteiger charge is -2.27. The first-order chi connectivity index (χ1) is 12.2. The van der Waals surface area contributed by atoms with Gasteiger partial charge in [0.25, 0.3) is 0 Å². The number of benzene rings is 1. The number of carbonyl (C=O) groups excluding carboxylic acids is 3. The Bertz CT molecular complexity index is 656. The van der Waals surface area contributed by atoms with Crippen molar-refractivity contribution in [1.82, 2.24) is 4.90 Å². The molecular weight excluding hydrogens is 354 g/mol. The van der Waals surface area contributed by atoms with Gasteiger partial charge in [0, 0.05) is 18.2 Å². The fourth-order valence-corrected chi connectivity index (χ4v) is 3.03. The normalized spacial score (nSPS) is 19.9. The Morgan fingerprint density at radius 1 is 1.19 bits per heavy atom. The molecule has 0 spiro atoms. The van der Waals surface area contributed by atoms with E-state index >= 15 is 0 Å². The number of likely N-dealkylation sites (tertiary alicyclic amines) is 1. The van der Waals surface area contributed by atoms with Crippen LogP contribution >= 0.6 is 12.6 Å². The largest absolute Gasteiger partial charge is 0.459 e. The summed E-state index contributed by atoms with van der Waals surface area (Å²) >= 11 is 4.01. The number of Topliss-reactive ketones (excluding diaryl/α,β-unsaturated/α-hetero) is 1. The number of nitrogens with zero attached hydrogens (tertiary/aromatic N) is 1. The molecule has 1 saturated heterocycles. The Morgan fingerprint density at radius 3 is 2.42 bits per heavy atom. The van der Waals surface area contributed by atoms with Gasteiger partial charge in [0.05, 0.1) is 0 Å². The van der Waals surface area contributed by atoms with Gasteiger partial charge in [0.1, 0.15) is 24.0 Å². The second kappa shape index (κ2) is 8.58. The quantitative estimate of drug-likeness (QED) is 0.629. The van der Waals surface area contributed by atoms with Crippen LogP contribution in [0.2, 0.25) is 0 Å². The molecule has 1 aliphatic heterocycles. The van der Waals surface area contributed by atoms with E-state index in [1.165, 1.54) is 4.90 Å². The number of hydrogen-bond acceptors (Lipinski definition) is 6. The minimum atomic E-state index is -0.831. The Kier molecular flexibility index (Phi) is 6.69. The summed E-state index contributed by atoms with van der Waals surface area (Å²) in [6, 6.07) is 8.45. The highest BCUT2D eigenvalue weighted by Crippen LogP contribution is 2.27. The monoisotopic (exact) mass is 379 g/mol. The van der Waals surface area contributed by atoms with E-state index in [9.17, 15) is 14.4 Å². The van der Waals surface area contributed by atoms with Crippen LogP contribution in [0.3, 0.4) is 0 Å². The zero-order valence-corrected chi connectivity index (χ0v) is 16.2. The number of hydrogen-bond donors (Lipinski definition) is 1. The van der Waals surface area contributed by atoms with Gasteiger partial charge in [-0.2, -0.15) is 12.6 Å². The second-order valence-corrected chi connectivity index (χ2v) is 7.62. The van der Waals surface area contributed by atoms with Gasteiger partial charge in [-0.3, -0.25) is 9.69 Å². The standard InChI is InChI=1S/C19H25NO5S/c1-19(2,3)25-18(23)20-10-14(16(21)12-26)9-15(20)17(22)24-11-13-7-5-4-6-8-13/h4-8,14-15,26H,9-12H2,1-3H3/t14-,15+/m1/s1. The van der Waals surface area contributed by atoms with Gasteiger partial charge in [-0.15, -0.1) is 0 Å². The highest BCUT2D eigenvalue weighted by atomic mass is 32.1. The summed E-state index contributed by atoms with van der Waals surface area (Å²) in [6.45, 7) is 5.50. The molecule has 0 radical (unpaired) electrons. The molecule has 0 aromatic heterocycles. The maximum Gasteiger partial charge on any atom is 0.411 e. The van der Waals surface area contributed by atoms with Crippen molar-refractivity contribution in [2.24, 2.45) is 5.92 Å². The zero-order valence-electron chi connectivity index (χ0n) is 15.3. The predicted molar refractivity (Wildman–Crippen MR) is 99.9 cm³/mol. The molecule has 142 valence electrons. The zero-order chi connectivity index (χ0) is 19.3. The van der Waals surface area contributed by atoms with Gasteiger partial charge < -0.3 is 9.47 Å². The van der Waals surface area contributed by atoms with Crippen LogP contribution in [0.5, 0.6) is 0 Å².